The molecule has 2 heterocycles. The van der Waals surface area contributed by atoms with Crippen LogP contribution in [-0.2, 0) is 4.79 Å². The van der Waals surface area contributed by atoms with Crippen LogP contribution in [0.3, 0.4) is 0 Å². The molecule has 102 valence electrons. The van der Waals surface area contributed by atoms with Crippen molar-refractivity contribution in [1.29, 1.82) is 0 Å². The molecule has 1 aromatic carbocycles. The smallest absolute Gasteiger partial charge is 0.273 e. The normalized spacial score (nSPS) is 18.4. The first-order valence-electron chi connectivity index (χ1n) is 6.80. The molecule has 0 bridgehead atoms. The van der Waals surface area contributed by atoms with Gasteiger partial charge in [0.1, 0.15) is 11.5 Å². The molecule has 1 atom stereocenters. The summed E-state index contributed by atoms with van der Waals surface area (Å²) >= 11 is 0. The van der Waals surface area contributed by atoms with Crippen molar-refractivity contribution in [2.45, 2.75) is 13.3 Å². The number of fused-ring (bicyclic) bond motifs is 1. The first kappa shape index (κ1) is 12.8. The van der Waals surface area contributed by atoms with E-state index in [1.54, 1.807) is 18.0 Å². The van der Waals surface area contributed by atoms with E-state index in [2.05, 4.69) is 4.98 Å². The number of aromatic nitrogens is 1. The molecule has 1 fully saturated rings. The topological polar surface area (TPSA) is 50.3 Å². The van der Waals surface area contributed by atoms with Crippen molar-refractivity contribution in [2.75, 3.05) is 13.1 Å². The van der Waals surface area contributed by atoms with Crippen molar-refractivity contribution in [3.8, 4) is 0 Å². The van der Waals surface area contributed by atoms with Gasteiger partial charge in [-0.1, -0.05) is 24.3 Å². The number of hydrogen-bond acceptors (Lipinski definition) is 3. The average molecular weight is 268 g/mol. The van der Waals surface area contributed by atoms with E-state index in [-0.39, 0.29) is 17.6 Å². The molecular formula is C16H16N2O2. The van der Waals surface area contributed by atoms with Gasteiger partial charge in [-0.2, -0.15) is 0 Å². The zero-order valence-electron chi connectivity index (χ0n) is 11.4. The summed E-state index contributed by atoms with van der Waals surface area (Å²) in [6.45, 7) is 2.74. The molecule has 0 spiro atoms. The van der Waals surface area contributed by atoms with Crippen molar-refractivity contribution in [2.24, 2.45) is 5.92 Å². The molecule has 1 aliphatic rings. The van der Waals surface area contributed by atoms with Gasteiger partial charge >= 0.3 is 0 Å². The Balaban J connectivity index is 1.92. The maximum atomic E-state index is 12.6. The fourth-order valence-electron chi connectivity index (χ4n) is 2.72. The molecule has 4 nitrogen and oxygen atoms in total. The van der Waals surface area contributed by atoms with Crippen LogP contribution >= 0.6 is 0 Å². The predicted octanol–water partition coefficient (Wildman–Crippen LogP) is 2.29. The number of Topliss-reactive ketones (excluding diaryl/α,β-unsaturated/α-hetero) is 1. The Morgan fingerprint density at radius 3 is 2.80 bits per heavy atom. The lowest BCUT2D eigenvalue weighted by atomic mass is 10.1. The first-order valence-corrected chi connectivity index (χ1v) is 6.80. The molecule has 0 radical (unpaired) electrons. The van der Waals surface area contributed by atoms with Crippen LogP contribution in [0.25, 0.3) is 10.8 Å². The molecule has 1 saturated heterocycles. The number of amides is 1. The monoisotopic (exact) mass is 268 g/mol. The van der Waals surface area contributed by atoms with E-state index in [1.165, 1.54) is 0 Å². The van der Waals surface area contributed by atoms with Gasteiger partial charge in [0, 0.05) is 30.6 Å². The average Bonchev–Trinajstić information content (AvgIpc) is 2.96. The van der Waals surface area contributed by atoms with Gasteiger partial charge < -0.3 is 4.90 Å². The molecule has 4 heteroatoms. The molecule has 3 rings (SSSR count). The molecule has 0 aliphatic carbocycles. The fourth-order valence-corrected chi connectivity index (χ4v) is 2.72. The van der Waals surface area contributed by atoms with E-state index in [1.807, 2.05) is 30.3 Å². The van der Waals surface area contributed by atoms with Gasteiger partial charge in [-0.05, 0) is 24.8 Å². The minimum Gasteiger partial charge on any atom is -0.337 e. The number of pyridine rings is 1. The Bertz CT molecular complexity index is 676. The van der Waals surface area contributed by atoms with Gasteiger partial charge in [0.2, 0.25) is 0 Å². The third-order valence-corrected chi connectivity index (χ3v) is 3.93. The largest absolute Gasteiger partial charge is 0.337 e. The Morgan fingerprint density at radius 1 is 1.25 bits per heavy atom. The van der Waals surface area contributed by atoms with Crippen LogP contribution in [0.4, 0.5) is 0 Å². The molecule has 1 aliphatic heterocycles. The standard InChI is InChI=1S/C16H16N2O2/c1-11(19)13-7-9-18(10-13)16(20)15-14-5-3-2-4-12(14)6-8-17-15/h2-6,8,13H,7,9-10H2,1H3. The lowest BCUT2D eigenvalue weighted by molar-refractivity contribution is -0.120. The quantitative estimate of drug-likeness (QED) is 0.839. The Hall–Kier alpha value is -2.23. The molecule has 1 unspecified atom stereocenters. The van der Waals surface area contributed by atoms with E-state index in [0.717, 1.165) is 17.2 Å². The number of carbonyl (C=O) groups is 2. The molecule has 0 N–H and O–H groups in total. The highest BCUT2D eigenvalue weighted by molar-refractivity contribution is 6.05. The number of nitrogens with zero attached hydrogens (tertiary/aromatic N) is 2. The van der Waals surface area contributed by atoms with Gasteiger partial charge in [-0.3, -0.25) is 14.6 Å². The second kappa shape index (κ2) is 5.04. The second-order valence-electron chi connectivity index (χ2n) is 5.23. The summed E-state index contributed by atoms with van der Waals surface area (Å²) < 4.78 is 0. The number of hydrogen-bond donors (Lipinski definition) is 0. The van der Waals surface area contributed by atoms with Crippen molar-refractivity contribution in [3.63, 3.8) is 0 Å². The molecule has 1 aromatic heterocycles. The first-order chi connectivity index (χ1) is 9.66. The Morgan fingerprint density at radius 2 is 2.05 bits per heavy atom. The van der Waals surface area contributed by atoms with Crippen LogP contribution in [0.15, 0.2) is 36.5 Å². The second-order valence-corrected chi connectivity index (χ2v) is 5.23. The van der Waals surface area contributed by atoms with Gasteiger partial charge in [-0.15, -0.1) is 0 Å². The maximum Gasteiger partial charge on any atom is 0.273 e. The molecule has 2 aromatic rings. The van der Waals surface area contributed by atoms with E-state index < -0.39 is 0 Å². The van der Waals surface area contributed by atoms with E-state index in [0.29, 0.717) is 18.8 Å². The Kier molecular flexibility index (Phi) is 3.22. The van der Waals surface area contributed by atoms with Crippen molar-refractivity contribution < 1.29 is 9.59 Å². The van der Waals surface area contributed by atoms with Crippen LogP contribution in [0.1, 0.15) is 23.8 Å². The van der Waals surface area contributed by atoms with Gasteiger partial charge in [-0.25, -0.2) is 0 Å². The summed E-state index contributed by atoms with van der Waals surface area (Å²) in [6.07, 6.45) is 2.42. The van der Waals surface area contributed by atoms with Gasteiger partial charge in [0.25, 0.3) is 5.91 Å². The predicted molar refractivity (Wildman–Crippen MR) is 76.4 cm³/mol. The zero-order chi connectivity index (χ0) is 14.1. The SMILES string of the molecule is CC(=O)C1CCN(C(=O)c2nccc3ccccc23)C1. The summed E-state index contributed by atoms with van der Waals surface area (Å²) in [5.41, 5.74) is 0.479. The van der Waals surface area contributed by atoms with Gasteiger partial charge in [0.05, 0.1) is 0 Å². The van der Waals surface area contributed by atoms with Crippen LogP contribution in [-0.4, -0.2) is 34.7 Å². The fraction of sp³-hybridized carbons (Fsp3) is 0.312. The minimum absolute atomic E-state index is 0.0195. The molecule has 20 heavy (non-hydrogen) atoms. The number of rotatable bonds is 2. The highest BCUT2D eigenvalue weighted by Crippen LogP contribution is 2.22. The number of ketones is 1. The van der Waals surface area contributed by atoms with Crippen LogP contribution < -0.4 is 0 Å². The summed E-state index contributed by atoms with van der Waals surface area (Å²) in [7, 11) is 0. The zero-order valence-corrected chi connectivity index (χ0v) is 11.4. The summed E-state index contributed by atoms with van der Waals surface area (Å²) in [5.74, 6) is 0.0608. The number of carbonyl (C=O) groups excluding carboxylic acids is 2. The molecular weight excluding hydrogens is 252 g/mol. The summed E-state index contributed by atoms with van der Waals surface area (Å²) in [4.78, 5) is 30.0. The molecule has 0 saturated carbocycles. The number of benzene rings is 1. The van der Waals surface area contributed by atoms with Crippen molar-refractivity contribution >= 4 is 22.5 Å². The lowest BCUT2D eigenvalue weighted by Gasteiger charge is -2.16. The lowest BCUT2D eigenvalue weighted by Crippen LogP contribution is -2.30. The molecule has 1 amide bonds. The summed E-state index contributed by atoms with van der Waals surface area (Å²) in [6, 6.07) is 9.63. The van der Waals surface area contributed by atoms with Crippen LogP contribution in [0, 0.1) is 5.92 Å². The van der Waals surface area contributed by atoms with E-state index in [9.17, 15) is 9.59 Å². The van der Waals surface area contributed by atoms with Crippen LogP contribution in [0.2, 0.25) is 0 Å². The van der Waals surface area contributed by atoms with Crippen molar-refractivity contribution in [3.05, 3.63) is 42.2 Å². The van der Waals surface area contributed by atoms with E-state index >= 15 is 0 Å². The number of likely N-dealkylation sites (tertiary alicyclic amines) is 1. The maximum absolute atomic E-state index is 12.6. The van der Waals surface area contributed by atoms with Crippen molar-refractivity contribution in [1.82, 2.24) is 9.88 Å². The highest BCUT2D eigenvalue weighted by Gasteiger charge is 2.30. The van der Waals surface area contributed by atoms with Gasteiger partial charge in [0.15, 0.2) is 0 Å². The van der Waals surface area contributed by atoms with E-state index in [4.69, 9.17) is 0 Å². The summed E-state index contributed by atoms with van der Waals surface area (Å²) in [5, 5.41) is 1.87. The third-order valence-electron chi connectivity index (χ3n) is 3.93. The third kappa shape index (κ3) is 2.18. The van der Waals surface area contributed by atoms with Crippen LogP contribution in [0.5, 0.6) is 0 Å². The highest BCUT2D eigenvalue weighted by atomic mass is 16.2. The Labute approximate surface area is 117 Å². The minimum atomic E-state index is -0.0782.